The highest BCUT2D eigenvalue weighted by Crippen LogP contribution is 2.13. The van der Waals surface area contributed by atoms with Crippen LogP contribution in [0.3, 0.4) is 0 Å². The average molecular weight is 500 g/mol. The Bertz CT molecular complexity index is 913. The molecule has 0 unspecified atom stereocenters. The van der Waals surface area contributed by atoms with Crippen molar-refractivity contribution in [2.45, 2.75) is 85.0 Å². The molecule has 1 aliphatic heterocycles. The van der Waals surface area contributed by atoms with E-state index in [1.54, 1.807) is 13.0 Å². The summed E-state index contributed by atoms with van der Waals surface area (Å²) in [6, 6.07) is 6.79. The van der Waals surface area contributed by atoms with Crippen LogP contribution in [0, 0.1) is 17.8 Å². The first kappa shape index (κ1) is 29.1. The SMILES string of the molecule is CC(C)C[C@@H]1NC(=O)[C@H](CC(C)C)NC(=O)[C@@H](C)C/C=C/C[C@@H](C(=O)OCc2ccccc2)NC1=O. The van der Waals surface area contributed by atoms with Gasteiger partial charge in [-0.05, 0) is 43.1 Å². The Kier molecular flexibility index (Phi) is 11.6. The van der Waals surface area contributed by atoms with E-state index in [2.05, 4.69) is 16.0 Å². The number of hydrogen-bond donors (Lipinski definition) is 3. The third kappa shape index (κ3) is 9.84. The number of ether oxygens (including phenoxy) is 1. The van der Waals surface area contributed by atoms with E-state index in [1.807, 2.05) is 64.1 Å². The molecule has 1 aromatic carbocycles. The molecule has 0 saturated carbocycles. The van der Waals surface area contributed by atoms with Crippen molar-refractivity contribution in [3.8, 4) is 0 Å². The minimum atomic E-state index is -0.914. The van der Waals surface area contributed by atoms with Gasteiger partial charge in [0.25, 0.3) is 0 Å². The largest absolute Gasteiger partial charge is 0.459 e. The van der Waals surface area contributed by atoms with Crippen LogP contribution in [0.5, 0.6) is 0 Å². The van der Waals surface area contributed by atoms with Gasteiger partial charge in [0.05, 0.1) is 0 Å². The Balaban J connectivity index is 2.27. The normalized spacial score (nSPS) is 24.9. The number of allylic oxidation sites excluding steroid dienone is 1. The lowest BCUT2D eigenvalue weighted by atomic mass is 9.98. The van der Waals surface area contributed by atoms with Crippen LogP contribution in [-0.4, -0.2) is 41.8 Å². The van der Waals surface area contributed by atoms with E-state index in [9.17, 15) is 19.2 Å². The highest BCUT2D eigenvalue weighted by atomic mass is 16.5. The fourth-order valence-corrected chi connectivity index (χ4v) is 3.95. The molecule has 0 spiro atoms. The number of carbonyl (C=O) groups excluding carboxylic acids is 4. The lowest BCUT2D eigenvalue weighted by molar-refractivity contribution is -0.149. The Morgan fingerprint density at radius 1 is 0.833 bits per heavy atom. The molecule has 0 bridgehead atoms. The molecule has 0 aromatic heterocycles. The van der Waals surface area contributed by atoms with Gasteiger partial charge in [-0.25, -0.2) is 4.79 Å². The first-order valence-corrected chi connectivity index (χ1v) is 12.8. The zero-order chi connectivity index (χ0) is 26.7. The second kappa shape index (κ2) is 14.4. The van der Waals surface area contributed by atoms with Crippen LogP contribution in [0.25, 0.3) is 0 Å². The number of esters is 1. The van der Waals surface area contributed by atoms with Gasteiger partial charge in [0, 0.05) is 5.92 Å². The Labute approximate surface area is 214 Å². The van der Waals surface area contributed by atoms with Crippen molar-refractivity contribution < 1.29 is 23.9 Å². The molecule has 2 rings (SSSR count). The van der Waals surface area contributed by atoms with Crippen LogP contribution in [0.2, 0.25) is 0 Å². The summed E-state index contributed by atoms with van der Waals surface area (Å²) in [5.41, 5.74) is 0.842. The summed E-state index contributed by atoms with van der Waals surface area (Å²) in [5, 5.41) is 8.48. The van der Waals surface area contributed by atoms with Gasteiger partial charge in [0.1, 0.15) is 24.7 Å². The second-order valence-corrected chi connectivity index (χ2v) is 10.4. The highest BCUT2D eigenvalue weighted by molar-refractivity contribution is 5.93. The zero-order valence-electron chi connectivity index (χ0n) is 22.1. The van der Waals surface area contributed by atoms with Gasteiger partial charge >= 0.3 is 5.97 Å². The Hall–Kier alpha value is -3.16. The zero-order valence-corrected chi connectivity index (χ0v) is 22.1. The summed E-state index contributed by atoms with van der Waals surface area (Å²) in [6.07, 6.45) is 5.10. The van der Waals surface area contributed by atoms with Crippen molar-refractivity contribution in [3.63, 3.8) is 0 Å². The van der Waals surface area contributed by atoms with Crippen LogP contribution in [-0.2, 0) is 30.5 Å². The summed E-state index contributed by atoms with van der Waals surface area (Å²) >= 11 is 0. The molecule has 8 nitrogen and oxygen atoms in total. The molecular formula is C28H41N3O5. The quantitative estimate of drug-likeness (QED) is 0.394. The molecular weight excluding hydrogens is 458 g/mol. The van der Waals surface area contributed by atoms with Crippen LogP contribution in [0.1, 0.15) is 65.9 Å². The molecule has 36 heavy (non-hydrogen) atoms. The Morgan fingerprint density at radius 2 is 1.36 bits per heavy atom. The van der Waals surface area contributed by atoms with Gasteiger partial charge in [-0.1, -0.05) is 77.1 Å². The van der Waals surface area contributed by atoms with Gasteiger partial charge in [-0.3, -0.25) is 14.4 Å². The van der Waals surface area contributed by atoms with E-state index in [1.165, 1.54) is 0 Å². The van der Waals surface area contributed by atoms with E-state index in [-0.39, 0.29) is 36.7 Å². The predicted molar refractivity (Wildman–Crippen MR) is 138 cm³/mol. The van der Waals surface area contributed by atoms with E-state index in [0.29, 0.717) is 19.3 Å². The van der Waals surface area contributed by atoms with Crippen molar-refractivity contribution in [3.05, 3.63) is 48.0 Å². The fraction of sp³-hybridized carbons (Fsp3) is 0.571. The first-order valence-electron chi connectivity index (χ1n) is 12.8. The van der Waals surface area contributed by atoms with Gasteiger partial charge in [0.15, 0.2) is 0 Å². The number of carbonyl (C=O) groups is 4. The maximum Gasteiger partial charge on any atom is 0.329 e. The van der Waals surface area contributed by atoms with Crippen molar-refractivity contribution in [1.29, 1.82) is 0 Å². The van der Waals surface area contributed by atoms with Crippen molar-refractivity contribution in [2.75, 3.05) is 0 Å². The van der Waals surface area contributed by atoms with Gasteiger partial charge in [0.2, 0.25) is 17.7 Å². The third-order valence-corrected chi connectivity index (χ3v) is 5.98. The maximum absolute atomic E-state index is 13.3. The highest BCUT2D eigenvalue weighted by Gasteiger charge is 2.31. The minimum absolute atomic E-state index is 0.0933. The monoisotopic (exact) mass is 499 g/mol. The summed E-state index contributed by atoms with van der Waals surface area (Å²) in [6.45, 7) is 9.74. The van der Waals surface area contributed by atoms with Crippen molar-refractivity contribution >= 4 is 23.7 Å². The molecule has 3 amide bonds. The molecule has 1 aromatic rings. The standard InChI is InChI=1S/C28H41N3O5/c1-18(2)15-23-27(34)31-24(16-19(3)4)26(33)29-22(14-10-9-11-20(5)25(32)30-23)28(35)36-17-21-12-7-6-8-13-21/h6-10,12-13,18-20,22-24H,11,14-17H2,1-5H3,(H,29,33)(H,30,32)(H,31,34)/b10-9+/t20-,22-,23-,24-/m0/s1. The number of rotatable bonds is 7. The predicted octanol–water partition coefficient (Wildman–Crippen LogP) is 3.26. The lowest BCUT2D eigenvalue weighted by Crippen LogP contribution is -2.56. The summed E-state index contributed by atoms with van der Waals surface area (Å²) in [7, 11) is 0. The average Bonchev–Trinajstić information content (AvgIpc) is 2.82. The second-order valence-electron chi connectivity index (χ2n) is 10.4. The van der Waals surface area contributed by atoms with Crippen molar-refractivity contribution in [1.82, 2.24) is 16.0 Å². The van der Waals surface area contributed by atoms with Crippen LogP contribution >= 0.6 is 0 Å². The summed E-state index contributed by atoms with van der Waals surface area (Å²) in [4.78, 5) is 52.1. The van der Waals surface area contributed by atoms with Gasteiger partial charge in [-0.15, -0.1) is 0 Å². The molecule has 3 N–H and O–H groups in total. The van der Waals surface area contributed by atoms with Gasteiger partial charge in [-0.2, -0.15) is 0 Å². The van der Waals surface area contributed by atoms with E-state index >= 15 is 0 Å². The number of benzene rings is 1. The summed E-state index contributed by atoms with van der Waals surface area (Å²) < 4.78 is 5.48. The molecule has 1 aliphatic rings. The third-order valence-electron chi connectivity index (χ3n) is 5.98. The molecule has 8 heteroatoms. The lowest BCUT2D eigenvalue weighted by Gasteiger charge is -2.27. The van der Waals surface area contributed by atoms with Gasteiger partial charge < -0.3 is 20.7 Å². The van der Waals surface area contributed by atoms with Crippen molar-refractivity contribution in [2.24, 2.45) is 17.8 Å². The first-order chi connectivity index (χ1) is 17.1. The molecule has 1 heterocycles. The molecule has 0 fully saturated rings. The maximum atomic E-state index is 13.3. The smallest absolute Gasteiger partial charge is 0.329 e. The molecule has 0 radical (unpaired) electrons. The molecule has 198 valence electrons. The topological polar surface area (TPSA) is 114 Å². The van der Waals surface area contributed by atoms with Crippen LogP contribution < -0.4 is 16.0 Å². The number of nitrogens with one attached hydrogen (secondary N) is 3. The molecule has 0 aliphatic carbocycles. The van der Waals surface area contributed by atoms with E-state index < -0.39 is 35.9 Å². The van der Waals surface area contributed by atoms with E-state index in [4.69, 9.17) is 4.74 Å². The van der Waals surface area contributed by atoms with Crippen LogP contribution in [0.4, 0.5) is 0 Å². The molecule has 4 atom stereocenters. The Morgan fingerprint density at radius 3 is 1.94 bits per heavy atom. The van der Waals surface area contributed by atoms with E-state index in [0.717, 1.165) is 5.56 Å². The van der Waals surface area contributed by atoms with Crippen LogP contribution in [0.15, 0.2) is 42.5 Å². The number of amides is 3. The number of hydrogen-bond acceptors (Lipinski definition) is 5. The fourth-order valence-electron chi connectivity index (χ4n) is 3.95. The molecule has 0 saturated heterocycles. The minimum Gasteiger partial charge on any atom is -0.459 e. The summed E-state index contributed by atoms with van der Waals surface area (Å²) in [5.74, 6) is -1.70.